The van der Waals surface area contributed by atoms with Crippen LogP contribution in [0.15, 0.2) is 57.6 Å². The van der Waals surface area contributed by atoms with Gasteiger partial charge in [-0.05, 0) is 43.7 Å². The van der Waals surface area contributed by atoms with Crippen LogP contribution in [0.3, 0.4) is 0 Å². The molecule has 1 atom stereocenters. The quantitative estimate of drug-likeness (QED) is 0.413. The minimum Gasteiger partial charge on any atom is -0.495 e. The fourth-order valence-corrected chi connectivity index (χ4v) is 3.01. The van der Waals surface area contributed by atoms with Crippen molar-refractivity contribution in [1.29, 1.82) is 0 Å². The number of hydrogen-bond acceptors (Lipinski definition) is 7. The summed E-state index contributed by atoms with van der Waals surface area (Å²) in [6.45, 7) is 2.79. The number of para-hydroxylation sites is 2. The molecule has 0 fully saturated rings. The fourth-order valence-electron chi connectivity index (χ4n) is 2.30. The van der Waals surface area contributed by atoms with Gasteiger partial charge in [-0.15, -0.1) is 0 Å². The first-order valence-corrected chi connectivity index (χ1v) is 9.51. The second-order valence-electron chi connectivity index (χ2n) is 5.86. The zero-order valence-corrected chi connectivity index (χ0v) is 16.2. The van der Waals surface area contributed by atoms with E-state index in [0.29, 0.717) is 17.0 Å². The van der Waals surface area contributed by atoms with E-state index in [2.05, 4.69) is 15.5 Å². The third-order valence-corrected chi connectivity index (χ3v) is 4.56. The average molecular weight is 405 g/mol. The lowest BCUT2D eigenvalue weighted by Crippen LogP contribution is -2.32. The van der Waals surface area contributed by atoms with Gasteiger partial charge in [0.25, 0.3) is 16.0 Å². The van der Waals surface area contributed by atoms with E-state index in [9.17, 15) is 22.6 Å². The van der Waals surface area contributed by atoms with Crippen molar-refractivity contribution in [3.63, 3.8) is 0 Å². The molecule has 1 amide bonds. The van der Waals surface area contributed by atoms with Crippen molar-refractivity contribution in [2.24, 2.45) is 10.2 Å². The number of carbonyl (C=O) groups is 2. The molecule has 0 radical (unpaired) electrons. The van der Waals surface area contributed by atoms with E-state index >= 15 is 0 Å². The number of rotatable bonds is 7. The average Bonchev–Trinajstić information content (AvgIpc) is 2.62. The molecule has 2 aromatic rings. The van der Waals surface area contributed by atoms with Crippen LogP contribution >= 0.6 is 0 Å². The molecule has 1 unspecified atom stereocenters. The summed E-state index contributed by atoms with van der Waals surface area (Å²) in [4.78, 5) is 23.9. The highest BCUT2D eigenvalue weighted by molar-refractivity contribution is 7.86. The zero-order chi connectivity index (χ0) is 20.9. The lowest BCUT2D eigenvalue weighted by Gasteiger charge is -2.12. The molecule has 2 aromatic carbocycles. The van der Waals surface area contributed by atoms with Gasteiger partial charge in [-0.1, -0.05) is 18.2 Å². The van der Waals surface area contributed by atoms with Crippen molar-refractivity contribution < 1.29 is 27.3 Å². The Labute approximate surface area is 162 Å². The van der Waals surface area contributed by atoms with Gasteiger partial charge < -0.3 is 10.1 Å². The Kier molecular flexibility index (Phi) is 6.60. The van der Waals surface area contributed by atoms with Gasteiger partial charge in [0.1, 0.15) is 16.3 Å². The number of ether oxygens (including phenoxy) is 1. The molecule has 0 saturated carbocycles. The predicted octanol–water partition coefficient (Wildman–Crippen LogP) is 2.93. The number of azo groups is 1. The van der Waals surface area contributed by atoms with Crippen molar-refractivity contribution >= 4 is 33.2 Å². The number of benzene rings is 2. The van der Waals surface area contributed by atoms with Gasteiger partial charge in [0.2, 0.25) is 6.04 Å². The molecule has 0 aliphatic carbocycles. The minimum atomic E-state index is -4.56. The monoisotopic (exact) mass is 405 g/mol. The Hall–Kier alpha value is -3.11. The fraction of sp³-hybridized carbons (Fsp3) is 0.222. The second kappa shape index (κ2) is 8.72. The molecule has 148 valence electrons. The summed E-state index contributed by atoms with van der Waals surface area (Å²) in [5.41, 5.74) is 0.721. The summed E-state index contributed by atoms with van der Waals surface area (Å²) in [5, 5.41) is 9.94. The van der Waals surface area contributed by atoms with E-state index in [-0.39, 0.29) is 5.69 Å². The molecular formula is C18H19N3O6S. The van der Waals surface area contributed by atoms with Crippen LogP contribution in [0.5, 0.6) is 5.75 Å². The Morgan fingerprint density at radius 1 is 1.18 bits per heavy atom. The highest BCUT2D eigenvalue weighted by Crippen LogP contribution is 2.27. The molecule has 28 heavy (non-hydrogen) atoms. The standard InChI is InChI=1S/C18H19N3O6S/c1-11-8-9-14(16(10-11)28(24,25)26)20-21-17(12(2)22)18(23)19-13-6-4-5-7-15(13)27-3/h4-10,17H,1-3H3,(H,19,23)(H,24,25,26). The lowest BCUT2D eigenvalue weighted by atomic mass is 10.2. The normalized spacial score (nSPS) is 12.6. The summed E-state index contributed by atoms with van der Waals surface area (Å²) in [7, 11) is -3.13. The van der Waals surface area contributed by atoms with Crippen molar-refractivity contribution in [2.75, 3.05) is 12.4 Å². The summed E-state index contributed by atoms with van der Waals surface area (Å²) < 4.78 is 37.5. The summed E-state index contributed by atoms with van der Waals surface area (Å²) in [5.74, 6) is -0.972. The van der Waals surface area contributed by atoms with Crippen LogP contribution in [-0.4, -0.2) is 37.8 Å². The van der Waals surface area contributed by atoms with E-state index in [0.717, 1.165) is 6.92 Å². The van der Waals surface area contributed by atoms with Gasteiger partial charge in [0, 0.05) is 0 Å². The number of Topliss-reactive ketones (excluding diaryl/α,β-unsaturated/α-hetero) is 1. The Balaban J connectivity index is 2.33. The maximum Gasteiger partial charge on any atom is 0.296 e. The molecule has 0 bridgehead atoms. The number of amides is 1. The smallest absolute Gasteiger partial charge is 0.296 e. The van der Waals surface area contributed by atoms with Crippen LogP contribution in [0.4, 0.5) is 11.4 Å². The van der Waals surface area contributed by atoms with Crippen molar-refractivity contribution in [3.05, 3.63) is 48.0 Å². The van der Waals surface area contributed by atoms with Crippen LogP contribution in [0.1, 0.15) is 12.5 Å². The Bertz CT molecular complexity index is 1030. The Morgan fingerprint density at radius 2 is 1.86 bits per heavy atom. The van der Waals surface area contributed by atoms with Crippen molar-refractivity contribution in [2.45, 2.75) is 24.8 Å². The van der Waals surface area contributed by atoms with Crippen LogP contribution in [0, 0.1) is 6.92 Å². The molecular weight excluding hydrogens is 386 g/mol. The first-order chi connectivity index (χ1) is 13.1. The number of carbonyl (C=O) groups excluding carboxylic acids is 2. The molecule has 0 heterocycles. The minimum absolute atomic E-state index is 0.190. The molecule has 0 saturated heterocycles. The number of anilines is 1. The van der Waals surface area contributed by atoms with E-state index in [1.54, 1.807) is 37.3 Å². The van der Waals surface area contributed by atoms with Crippen LogP contribution < -0.4 is 10.1 Å². The number of ketones is 1. The lowest BCUT2D eigenvalue weighted by molar-refractivity contribution is -0.126. The summed E-state index contributed by atoms with van der Waals surface area (Å²) >= 11 is 0. The first-order valence-electron chi connectivity index (χ1n) is 8.07. The van der Waals surface area contributed by atoms with Crippen LogP contribution in [0.25, 0.3) is 0 Å². The molecule has 0 aromatic heterocycles. The number of nitrogens with zero attached hydrogens (tertiary/aromatic N) is 2. The van der Waals surface area contributed by atoms with E-state index in [1.165, 1.54) is 19.2 Å². The van der Waals surface area contributed by atoms with Gasteiger partial charge >= 0.3 is 0 Å². The molecule has 9 nitrogen and oxygen atoms in total. The second-order valence-corrected chi connectivity index (χ2v) is 7.25. The van der Waals surface area contributed by atoms with E-state index in [1.807, 2.05) is 0 Å². The third-order valence-electron chi connectivity index (χ3n) is 3.67. The van der Waals surface area contributed by atoms with E-state index < -0.39 is 32.7 Å². The maximum absolute atomic E-state index is 12.5. The highest BCUT2D eigenvalue weighted by atomic mass is 32.2. The predicted molar refractivity (Wildman–Crippen MR) is 102 cm³/mol. The number of nitrogens with one attached hydrogen (secondary N) is 1. The number of aryl methyl sites for hydroxylation is 1. The van der Waals surface area contributed by atoms with Gasteiger partial charge in [-0.3, -0.25) is 14.1 Å². The molecule has 10 heteroatoms. The highest BCUT2D eigenvalue weighted by Gasteiger charge is 2.25. The molecule has 0 aliphatic rings. The topological polar surface area (TPSA) is 134 Å². The first kappa shape index (κ1) is 21.2. The SMILES string of the molecule is COc1ccccc1NC(=O)C(N=Nc1ccc(C)cc1S(=O)(=O)O)C(C)=O. The summed E-state index contributed by atoms with van der Waals surface area (Å²) in [6, 6.07) is 9.17. The Morgan fingerprint density at radius 3 is 2.46 bits per heavy atom. The van der Waals surface area contributed by atoms with Crippen LogP contribution in [0.2, 0.25) is 0 Å². The number of methoxy groups -OCH3 is 1. The van der Waals surface area contributed by atoms with Crippen molar-refractivity contribution in [3.8, 4) is 5.75 Å². The third kappa shape index (κ3) is 5.21. The van der Waals surface area contributed by atoms with Gasteiger partial charge in [-0.2, -0.15) is 18.6 Å². The largest absolute Gasteiger partial charge is 0.495 e. The molecule has 2 rings (SSSR count). The molecule has 0 spiro atoms. The molecule has 0 aliphatic heterocycles. The van der Waals surface area contributed by atoms with Gasteiger partial charge in [-0.25, -0.2) is 0 Å². The van der Waals surface area contributed by atoms with Crippen molar-refractivity contribution in [1.82, 2.24) is 0 Å². The van der Waals surface area contributed by atoms with Gasteiger partial charge in [0.05, 0.1) is 12.8 Å². The molecule has 2 N–H and O–H groups in total. The zero-order valence-electron chi connectivity index (χ0n) is 15.4. The number of hydrogen-bond donors (Lipinski definition) is 2. The van der Waals surface area contributed by atoms with Crippen LogP contribution in [-0.2, 0) is 19.7 Å². The summed E-state index contributed by atoms with van der Waals surface area (Å²) in [6.07, 6.45) is 0. The van der Waals surface area contributed by atoms with E-state index in [4.69, 9.17) is 4.74 Å². The maximum atomic E-state index is 12.5. The van der Waals surface area contributed by atoms with Gasteiger partial charge in [0.15, 0.2) is 5.78 Å².